The van der Waals surface area contributed by atoms with Gasteiger partial charge >= 0.3 is 0 Å². The zero-order valence-electron chi connectivity index (χ0n) is 19.0. The van der Waals surface area contributed by atoms with E-state index in [1.54, 1.807) is 24.3 Å². The lowest BCUT2D eigenvalue weighted by Gasteiger charge is -2.32. The molecule has 34 heavy (non-hydrogen) atoms. The molecular formula is C27H27F2NO4. The van der Waals surface area contributed by atoms with Gasteiger partial charge in [-0.2, -0.15) is 0 Å². The zero-order chi connectivity index (χ0) is 24.5. The number of benzene rings is 2. The van der Waals surface area contributed by atoms with E-state index in [0.29, 0.717) is 18.6 Å². The van der Waals surface area contributed by atoms with Crippen molar-refractivity contribution in [1.82, 2.24) is 0 Å². The molecule has 2 aliphatic rings. The Morgan fingerprint density at radius 3 is 2.38 bits per heavy atom. The Kier molecular flexibility index (Phi) is 6.75. The van der Waals surface area contributed by atoms with Crippen LogP contribution < -0.4 is 4.74 Å². The highest BCUT2D eigenvalue weighted by Crippen LogP contribution is 2.37. The van der Waals surface area contributed by atoms with Gasteiger partial charge in [0, 0.05) is 17.9 Å². The lowest BCUT2D eigenvalue weighted by molar-refractivity contribution is -0.110. The Labute approximate surface area is 197 Å². The molecular weight excluding hydrogens is 440 g/mol. The van der Waals surface area contributed by atoms with Crippen molar-refractivity contribution in [2.45, 2.75) is 56.5 Å². The molecule has 0 bridgehead atoms. The largest absolute Gasteiger partial charge is 0.497 e. The van der Waals surface area contributed by atoms with Crippen LogP contribution in [-0.4, -0.2) is 35.1 Å². The van der Waals surface area contributed by atoms with Crippen molar-refractivity contribution >= 4 is 17.3 Å². The number of ether oxygens (including phenoxy) is 1. The van der Waals surface area contributed by atoms with Crippen LogP contribution in [0.4, 0.5) is 8.78 Å². The van der Waals surface area contributed by atoms with Crippen LogP contribution in [0.3, 0.4) is 0 Å². The Morgan fingerprint density at radius 1 is 1.09 bits per heavy atom. The summed E-state index contributed by atoms with van der Waals surface area (Å²) in [5.41, 5.74) is -1.67. The Hall–Kier alpha value is -3.19. The standard InChI is InChI=1S/C27H27F2NO4/c1-34-18-7-5-16(6-8-18)13-17-14-19(26(32)24-21(29)10-9-20(28)23(17)24)25(31)22(30)15-27(33)11-3-2-4-12-27/h5-10,14,17,30,33H,2-4,11-13,15H2,1H3. The topological polar surface area (TPSA) is 87.5 Å². The van der Waals surface area contributed by atoms with Crippen LogP contribution in [0.15, 0.2) is 48.0 Å². The van der Waals surface area contributed by atoms with Crippen LogP contribution in [-0.2, 0) is 11.2 Å². The lowest BCUT2D eigenvalue weighted by atomic mass is 9.76. The van der Waals surface area contributed by atoms with Crippen LogP contribution in [0.2, 0.25) is 0 Å². The van der Waals surface area contributed by atoms with Crippen LogP contribution >= 0.6 is 0 Å². The fraction of sp³-hybridized carbons (Fsp3) is 0.370. The minimum Gasteiger partial charge on any atom is -0.497 e. The van der Waals surface area contributed by atoms with Crippen molar-refractivity contribution in [2.24, 2.45) is 0 Å². The maximum absolute atomic E-state index is 14.8. The van der Waals surface area contributed by atoms with E-state index in [2.05, 4.69) is 0 Å². The molecule has 1 fully saturated rings. The summed E-state index contributed by atoms with van der Waals surface area (Å²) in [5.74, 6) is -3.54. The number of methoxy groups -OCH3 is 1. The molecule has 1 unspecified atom stereocenters. The second-order valence-electron chi connectivity index (χ2n) is 9.16. The molecule has 0 amide bonds. The molecule has 178 valence electrons. The molecule has 2 aliphatic carbocycles. The first-order chi connectivity index (χ1) is 16.2. The monoisotopic (exact) mass is 467 g/mol. The zero-order valence-corrected chi connectivity index (χ0v) is 19.0. The second-order valence-corrected chi connectivity index (χ2v) is 9.16. The number of allylic oxidation sites excluding steroid dienone is 2. The van der Waals surface area contributed by atoms with E-state index in [4.69, 9.17) is 10.1 Å². The minimum atomic E-state index is -1.15. The molecule has 0 spiro atoms. The van der Waals surface area contributed by atoms with E-state index in [0.717, 1.165) is 37.0 Å². The maximum atomic E-state index is 14.8. The first kappa shape index (κ1) is 24.0. The first-order valence-electron chi connectivity index (χ1n) is 11.4. The van der Waals surface area contributed by atoms with Gasteiger partial charge < -0.3 is 15.3 Å². The van der Waals surface area contributed by atoms with Gasteiger partial charge in [-0.3, -0.25) is 9.59 Å². The van der Waals surface area contributed by atoms with E-state index in [1.165, 1.54) is 13.2 Å². The average Bonchev–Trinajstić information content (AvgIpc) is 2.82. The number of ketones is 2. The number of halogens is 2. The molecule has 0 heterocycles. The number of nitrogens with one attached hydrogen (secondary N) is 1. The molecule has 1 saturated carbocycles. The molecule has 0 aliphatic heterocycles. The molecule has 2 aromatic rings. The highest BCUT2D eigenvalue weighted by atomic mass is 19.1. The normalized spacial score (nSPS) is 19.2. The Balaban J connectivity index is 1.68. The van der Waals surface area contributed by atoms with E-state index < -0.39 is 46.0 Å². The number of hydrogen-bond donors (Lipinski definition) is 2. The van der Waals surface area contributed by atoms with Crippen molar-refractivity contribution in [1.29, 1.82) is 5.41 Å². The molecule has 7 heteroatoms. The number of fused-ring (bicyclic) bond motifs is 1. The molecule has 0 saturated heterocycles. The van der Waals surface area contributed by atoms with Crippen molar-refractivity contribution in [2.75, 3.05) is 7.11 Å². The van der Waals surface area contributed by atoms with Crippen molar-refractivity contribution in [3.63, 3.8) is 0 Å². The number of Topliss-reactive ketones (excluding diaryl/α,β-unsaturated/α-hetero) is 2. The van der Waals surface area contributed by atoms with Crippen molar-refractivity contribution < 1.29 is 28.2 Å². The molecule has 5 nitrogen and oxygen atoms in total. The quantitative estimate of drug-likeness (QED) is 0.438. The van der Waals surface area contributed by atoms with Crippen LogP contribution in [0.5, 0.6) is 5.75 Å². The molecule has 1 atom stereocenters. The Morgan fingerprint density at radius 2 is 1.74 bits per heavy atom. The average molecular weight is 468 g/mol. The predicted molar refractivity (Wildman–Crippen MR) is 124 cm³/mol. The number of hydrogen-bond acceptors (Lipinski definition) is 5. The smallest absolute Gasteiger partial charge is 0.210 e. The van der Waals surface area contributed by atoms with Gasteiger partial charge in [0.25, 0.3) is 0 Å². The number of aliphatic hydroxyl groups is 1. The van der Waals surface area contributed by atoms with E-state index in [-0.39, 0.29) is 24.0 Å². The fourth-order valence-electron chi connectivity index (χ4n) is 4.97. The third-order valence-corrected chi connectivity index (χ3v) is 6.78. The van der Waals surface area contributed by atoms with Crippen LogP contribution in [0.1, 0.15) is 65.9 Å². The summed E-state index contributed by atoms with van der Waals surface area (Å²) >= 11 is 0. The van der Waals surface area contributed by atoms with Gasteiger partial charge in [0.15, 0.2) is 5.78 Å². The lowest BCUT2D eigenvalue weighted by Crippen LogP contribution is -2.37. The van der Waals surface area contributed by atoms with E-state index in [1.807, 2.05) is 0 Å². The molecule has 2 aromatic carbocycles. The van der Waals surface area contributed by atoms with E-state index >= 15 is 0 Å². The van der Waals surface area contributed by atoms with Gasteiger partial charge in [-0.25, -0.2) is 8.78 Å². The fourth-order valence-corrected chi connectivity index (χ4v) is 4.97. The number of rotatable bonds is 7. The van der Waals surface area contributed by atoms with Crippen LogP contribution in [0, 0.1) is 17.0 Å². The number of carbonyl (C=O) groups excluding carboxylic acids is 2. The third-order valence-electron chi connectivity index (χ3n) is 6.78. The van der Waals surface area contributed by atoms with E-state index in [9.17, 15) is 23.5 Å². The summed E-state index contributed by atoms with van der Waals surface area (Å²) in [5, 5.41) is 19.1. The molecule has 0 radical (unpaired) electrons. The Bertz CT molecular complexity index is 1160. The summed E-state index contributed by atoms with van der Waals surface area (Å²) in [7, 11) is 1.54. The van der Waals surface area contributed by atoms with Crippen molar-refractivity contribution in [3.8, 4) is 5.75 Å². The highest BCUT2D eigenvalue weighted by Gasteiger charge is 2.38. The summed E-state index contributed by atoms with van der Waals surface area (Å²) in [6.45, 7) is 0. The molecule has 4 rings (SSSR count). The minimum absolute atomic E-state index is 0.0881. The van der Waals surface area contributed by atoms with Crippen LogP contribution in [0.25, 0.3) is 0 Å². The van der Waals surface area contributed by atoms with Gasteiger partial charge in [0.2, 0.25) is 5.78 Å². The predicted octanol–water partition coefficient (Wildman–Crippen LogP) is 5.10. The number of carbonyl (C=O) groups is 2. The van der Waals surface area contributed by atoms with Gasteiger partial charge in [-0.05, 0) is 49.1 Å². The molecule has 2 N–H and O–H groups in total. The summed E-state index contributed by atoms with van der Waals surface area (Å²) < 4.78 is 34.7. The van der Waals surface area contributed by atoms with Gasteiger partial charge in [-0.1, -0.05) is 37.5 Å². The van der Waals surface area contributed by atoms with Crippen molar-refractivity contribution in [3.05, 3.63) is 76.4 Å². The third kappa shape index (κ3) is 4.71. The molecule has 0 aromatic heterocycles. The highest BCUT2D eigenvalue weighted by molar-refractivity contribution is 6.52. The summed E-state index contributed by atoms with van der Waals surface area (Å²) in [4.78, 5) is 26.3. The summed E-state index contributed by atoms with van der Waals surface area (Å²) in [6, 6.07) is 8.89. The van der Waals surface area contributed by atoms with Gasteiger partial charge in [0.1, 0.15) is 17.4 Å². The SMILES string of the molecule is COc1ccc(CC2C=C(C(=O)C(=N)CC3(O)CCCCC3)C(=O)c3c(F)ccc(F)c32)cc1. The summed E-state index contributed by atoms with van der Waals surface area (Å²) in [6.07, 6.45) is 4.97. The second kappa shape index (κ2) is 9.58. The first-order valence-corrected chi connectivity index (χ1v) is 11.4. The van der Waals surface area contributed by atoms with Gasteiger partial charge in [-0.15, -0.1) is 0 Å². The maximum Gasteiger partial charge on any atom is 0.210 e. The van der Waals surface area contributed by atoms with Gasteiger partial charge in [0.05, 0.1) is 29.6 Å².